The van der Waals surface area contributed by atoms with Gasteiger partial charge in [-0.05, 0) is 18.6 Å². The summed E-state index contributed by atoms with van der Waals surface area (Å²) in [7, 11) is 0. The summed E-state index contributed by atoms with van der Waals surface area (Å²) in [6.45, 7) is 1.65. The first-order valence-electron chi connectivity index (χ1n) is 7.04. The van der Waals surface area contributed by atoms with Crippen LogP contribution in [-0.4, -0.2) is 28.0 Å². The van der Waals surface area contributed by atoms with E-state index in [9.17, 15) is 0 Å². The average molecular weight is 297 g/mol. The molecule has 0 unspecified atom stereocenters. The topological polar surface area (TPSA) is 39.9 Å². The molecule has 1 saturated heterocycles. The minimum Gasteiger partial charge on any atom is -0.381 e. The van der Waals surface area contributed by atoms with Crippen LogP contribution in [0.5, 0.6) is 0 Å². The molecule has 0 bridgehead atoms. The highest BCUT2D eigenvalue weighted by Gasteiger charge is 2.21. The number of para-hydroxylation sites is 1. The van der Waals surface area contributed by atoms with Crippen LogP contribution in [0.15, 0.2) is 48.1 Å². The molecule has 0 saturated carbocycles. The maximum Gasteiger partial charge on any atom is 0.126 e. The Morgan fingerprint density at radius 2 is 2.14 bits per heavy atom. The molecule has 3 heterocycles. The van der Waals surface area contributed by atoms with E-state index in [0.717, 1.165) is 41.6 Å². The highest BCUT2D eigenvalue weighted by molar-refractivity contribution is 7.13. The lowest BCUT2D eigenvalue weighted by atomic mass is 10.1. The number of benzene rings is 1. The summed E-state index contributed by atoms with van der Waals surface area (Å²) in [6.07, 6.45) is 4.98. The first-order chi connectivity index (χ1) is 10.4. The summed E-state index contributed by atoms with van der Waals surface area (Å²) >= 11 is 1.68. The van der Waals surface area contributed by atoms with Crippen molar-refractivity contribution in [2.45, 2.75) is 12.3 Å². The second-order valence-electron chi connectivity index (χ2n) is 5.15. The van der Waals surface area contributed by atoms with Crippen molar-refractivity contribution in [2.75, 3.05) is 13.2 Å². The minimum absolute atomic E-state index is 0.458. The number of nitrogens with zero attached hydrogens (tertiary/aromatic N) is 3. The lowest BCUT2D eigenvalue weighted by Gasteiger charge is -2.01. The molecule has 4 rings (SSSR count). The van der Waals surface area contributed by atoms with E-state index in [2.05, 4.69) is 10.5 Å². The molecule has 0 spiro atoms. The molecule has 1 aliphatic heterocycles. The molecule has 1 fully saturated rings. The molecule has 0 N–H and O–H groups in total. The van der Waals surface area contributed by atoms with E-state index in [1.807, 2.05) is 47.4 Å². The van der Waals surface area contributed by atoms with E-state index in [1.54, 1.807) is 11.3 Å². The summed E-state index contributed by atoms with van der Waals surface area (Å²) in [4.78, 5) is 4.75. The Balaban J connectivity index is 1.61. The molecule has 1 aliphatic rings. The number of hydrogen-bond donors (Lipinski definition) is 0. The van der Waals surface area contributed by atoms with Gasteiger partial charge in [0.25, 0.3) is 0 Å². The van der Waals surface area contributed by atoms with Crippen LogP contribution in [0.3, 0.4) is 0 Å². The first-order valence-corrected chi connectivity index (χ1v) is 7.92. The number of hydrogen-bond acceptors (Lipinski definition) is 4. The summed E-state index contributed by atoms with van der Waals surface area (Å²) in [5.74, 6) is 0.458. The van der Waals surface area contributed by atoms with Crippen LogP contribution in [0.1, 0.15) is 18.0 Å². The lowest BCUT2D eigenvalue weighted by molar-refractivity contribution is 0.193. The third-order valence-corrected chi connectivity index (χ3v) is 4.63. The molecular formula is C16H15N3OS. The third kappa shape index (κ3) is 2.50. The van der Waals surface area contributed by atoms with Crippen molar-refractivity contribution in [1.29, 1.82) is 0 Å². The van der Waals surface area contributed by atoms with Crippen LogP contribution in [0.2, 0.25) is 0 Å². The zero-order valence-corrected chi connectivity index (χ0v) is 12.3. The molecule has 4 nitrogen and oxygen atoms in total. The highest BCUT2D eigenvalue weighted by atomic mass is 32.1. The van der Waals surface area contributed by atoms with Gasteiger partial charge in [0.05, 0.1) is 24.2 Å². The van der Waals surface area contributed by atoms with Crippen LogP contribution < -0.4 is 0 Å². The van der Waals surface area contributed by atoms with Crippen molar-refractivity contribution in [1.82, 2.24) is 14.8 Å². The molecule has 1 atom stereocenters. The quantitative estimate of drug-likeness (QED) is 0.743. The van der Waals surface area contributed by atoms with Crippen LogP contribution in [0, 0.1) is 0 Å². The van der Waals surface area contributed by atoms with Gasteiger partial charge in [-0.1, -0.05) is 18.2 Å². The second kappa shape index (κ2) is 5.42. The van der Waals surface area contributed by atoms with E-state index >= 15 is 0 Å². The van der Waals surface area contributed by atoms with Gasteiger partial charge in [0.2, 0.25) is 0 Å². The normalized spacial score (nSPS) is 18.2. The van der Waals surface area contributed by atoms with E-state index in [0.29, 0.717) is 5.92 Å². The standard InChI is InChI=1S/C16H15N3OS/c1-2-4-14(5-3-1)19-9-13(8-17-19)16-18-15(11-21-16)12-6-7-20-10-12/h1-5,8-9,11-12H,6-7,10H2/t12-/m0/s1. The average Bonchev–Trinajstić information content (AvgIpc) is 3.27. The summed E-state index contributed by atoms with van der Waals surface area (Å²) in [6, 6.07) is 10.1. The zero-order valence-electron chi connectivity index (χ0n) is 11.5. The van der Waals surface area contributed by atoms with Gasteiger partial charge in [-0.25, -0.2) is 9.67 Å². The Morgan fingerprint density at radius 1 is 1.24 bits per heavy atom. The van der Waals surface area contributed by atoms with Crippen molar-refractivity contribution in [3.63, 3.8) is 0 Å². The smallest absolute Gasteiger partial charge is 0.126 e. The van der Waals surface area contributed by atoms with Gasteiger partial charge in [-0.15, -0.1) is 11.3 Å². The van der Waals surface area contributed by atoms with Gasteiger partial charge in [-0.3, -0.25) is 0 Å². The Kier molecular flexibility index (Phi) is 3.29. The maximum absolute atomic E-state index is 5.44. The first kappa shape index (κ1) is 12.7. The van der Waals surface area contributed by atoms with E-state index in [1.165, 1.54) is 0 Å². The van der Waals surface area contributed by atoms with Crippen molar-refractivity contribution in [3.05, 3.63) is 53.8 Å². The van der Waals surface area contributed by atoms with Crippen LogP contribution in [0.4, 0.5) is 0 Å². The largest absolute Gasteiger partial charge is 0.381 e. The summed E-state index contributed by atoms with van der Waals surface area (Å²) in [5.41, 5.74) is 3.28. The fourth-order valence-corrected chi connectivity index (χ4v) is 3.41. The van der Waals surface area contributed by atoms with Crippen molar-refractivity contribution >= 4 is 11.3 Å². The number of ether oxygens (including phenoxy) is 1. The fourth-order valence-electron chi connectivity index (χ4n) is 2.53. The third-order valence-electron chi connectivity index (χ3n) is 3.72. The Hall–Kier alpha value is -1.98. The van der Waals surface area contributed by atoms with E-state index in [4.69, 9.17) is 9.72 Å². The summed E-state index contributed by atoms with van der Waals surface area (Å²) < 4.78 is 7.32. The van der Waals surface area contributed by atoms with Crippen LogP contribution in [-0.2, 0) is 4.74 Å². The van der Waals surface area contributed by atoms with Gasteiger partial charge in [0.15, 0.2) is 0 Å². The number of thiazole rings is 1. The van der Waals surface area contributed by atoms with Crippen molar-refractivity contribution in [2.24, 2.45) is 0 Å². The monoisotopic (exact) mass is 297 g/mol. The van der Waals surface area contributed by atoms with Gasteiger partial charge in [-0.2, -0.15) is 5.10 Å². The molecular weight excluding hydrogens is 282 g/mol. The molecule has 3 aromatic rings. The Labute approximate surface area is 127 Å². The Bertz CT molecular complexity index is 729. The highest BCUT2D eigenvalue weighted by Crippen LogP contribution is 2.30. The number of rotatable bonds is 3. The second-order valence-corrected chi connectivity index (χ2v) is 6.01. The molecule has 0 aliphatic carbocycles. The maximum atomic E-state index is 5.44. The molecule has 0 amide bonds. The van der Waals surface area contributed by atoms with Crippen molar-refractivity contribution in [3.8, 4) is 16.3 Å². The molecule has 106 valence electrons. The molecule has 1 aromatic carbocycles. The Morgan fingerprint density at radius 3 is 2.95 bits per heavy atom. The van der Waals surface area contributed by atoms with Crippen LogP contribution in [0.25, 0.3) is 16.3 Å². The predicted molar refractivity (Wildman–Crippen MR) is 82.8 cm³/mol. The summed E-state index contributed by atoms with van der Waals surface area (Å²) in [5, 5.41) is 7.60. The van der Waals surface area contributed by atoms with Gasteiger partial charge in [0.1, 0.15) is 5.01 Å². The molecule has 21 heavy (non-hydrogen) atoms. The molecule has 0 radical (unpaired) electrons. The molecule has 2 aromatic heterocycles. The predicted octanol–water partition coefficient (Wildman–Crippen LogP) is 3.50. The van der Waals surface area contributed by atoms with Crippen LogP contribution >= 0.6 is 11.3 Å². The zero-order chi connectivity index (χ0) is 14.1. The molecule has 5 heteroatoms. The SMILES string of the molecule is c1ccc(-n2cc(-c3nc([C@H]4CCOC4)cs3)cn2)cc1. The van der Waals surface area contributed by atoms with Gasteiger partial charge >= 0.3 is 0 Å². The van der Waals surface area contributed by atoms with E-state index in [-0.39, 0.29) is 0 Å². The van der Waals surface area contributed by atoms with E-state index < -0.39 is 0 Å². The van der Waals surface area contributed by atoms with Gasteiger partial charge in [0, 0.05) is 29.7 Å². The lowest BCUT2D eigenvalue weighted by Crippen LogP contribution is -1.97. The van der Waals surface area contributed by atoms with Crippen molar-refractivity contribution < 1.29 is 4.74 Å². The minimum atomic E-state index is 0.458. The number of aromatic nitrogens is 3. The van der Waals surface area contributed by atoms with Gasteiger partial charge < -0.3 is 4.74 Å². The fraction of sp³-hybridized carbons (Fsp3) is 0.250.